The molecule has 1 rings (SSSR count). The van der Waals surface area contributed by atoms with Crippen LogP contribution < -0.4 is 5.32 Å². The van der Waals surface area contributed by atoms with Crippen LogP contribution in [0.3, 0.4) is 0 Å². The number of hydrogen-bond donors (Lipinski definition) is 1. The molecule has 3 nitrogen and oxygen atoms in total. The Balaban J connectivity index is 3.17. The zero-order valence-corrected chi connectivity index (χ0v) is 9.76. The van der Waals surface area contributed by atoms with Crippen molar-refractivity contribution in [2.24, 2.45) is 0 Å². The molecule has 0 atom stereocenters. The van der Waals surface area contributed by atoms with Gasteiger partial charge in [-0.15, -0.1) is 0 Å². The van der Waals surface area contributed by atoms with Gasteiger partial charge in [-0.3, -0.25) is 4.98 Å². The zero-order valence-electron chi connectivity index (χ0n) is 9.76. The summed E-state index contributed by atoms with van der Waals surface area (Å²) in [5, 5.41) is 12.1. The lowest BCUT2D eigenvalue weighted by Crippen LogP contribution is -2.16. The summed E-state index contributed by atoms with van der Waals surface area (Å²) in [6, 6.07) is 4.12. The molecule has 15 heavy (non-hydrogen) atoms. The molecule has 3 heteroatoms. The molecule has 1 aromatic rings. The standard InChI is InChI=1S/C12H17N3/c1-12(2,3)11-10(6-13)5-9(7-14-4)8-15-11/h5,8,14H,7H2,1-4H3. The fourth-order valence-electron chi connectivity index (χ4n) is 1.49. The van der Waals surface area contributed by atoms with E-state index in [0.29, 0.717) is 5.56 Å². The van der Waals surface area contributed by atoms with Gasteiger partial charge in [0, 0.05) is 18.2 Å². The summed E-state index contributed by atoms with van der Waals surface area (Å²) in [6.45, 7) is 6.93. The summed E-state index contributed by atoms with van der Waals surface area (Å²) in [6.07, 6.45) is 1.83. The van der Waals surface area contributed by atoms with E-state index < -0.39 is 0 Å². The topological polar surface area (TPSA) is 48.7 Å². The van der Waals surface area contributed by atoms with Crippen LogP contribution in [0.4, 0.5) is 0 Å². The van der Waals surface area contributed by atoms with Crippen molar-refractivity contribution in [3.8, 4) is 6.07 Å². The predicted octanol–water partition coefficient (Wildman–Crippen LogP) is 1.97. The van der Waals surface area contributed by atoms with Crippen LogP contribution in [0.2, 0.25) is 0 Å². The summed E-state index contributed by atoms with van der Waals surface area (Å²) >= 11 is 0. The molecule has 0 saturated heterocycles. The maximum atomic E-state index is 9.06. The average molecular weight is 203 g/mol. The van der Waals surface area contributed by atoms with E-state index >= 15 is 0 Å². The summed E-state index contributed by atoms with van der Waals surface area (Å²) < 4.78 is 0. The van der Waals surface area contributed by atoms with Crippen LogP contribution in [0.5, 0.6) is 0 Å². The largest absolute Gasteiger partial charge is 0.316 e. The van der Waals surface area contributed by atoms with Gasteiger partial charge in [-0.2, -0.15) is 5.26 Å². The SMILES string of the molecule is CNCc1cnc(C(C)(C)C)c(C#N)c1. The van der Waals surface area contributed by atoms with Gasteiger partial charge in [-0.25, -0.2) is 0 Å². The quantitative estimate of drug-likeness (QED) is 0.799. The highest BCUT2D eigenvalue weighted by Crippen LogP contribution is 2.23. The van der Waals surface area contributed by atoms with Gasteiger partial charge in [-0.1, -0.05) is 20.8 Å². The molecule has 0 amide bonds. The van der Waals surface area contributed by atoms with Gasteiger partial charge in [0.1, 0.15) is 6.07 Å². The third-order valence-electron chi connectivity index (χ3n) is 2.16. The number of pyridine rings is 1. The second-order valence-electron chi connectivity index (χ2n) is 4.63. The Morgan fingerprint density at radius 2 is 2.13 bits per heavy atom. The molecular formula is C12H17N3. The molecule has 0 bridgehead atoms. The predicted molar refractivity (Wildman–Crippen MR) is 60.4 cm³/mol. The number of nitrogens with zero attached hydrogens (tertiary/aromatic N) is 2. The van der Waals surface area contributed by atoms with Crippen molar-refractivity contribution in [1.82, 2.24) is 10.3 Å². The Labute approximate surface area is 91.1 Å². The Hall–Kier alpha value is -1.40. The Bertz CT molecular complexity index is 383. The van der Waals surface area contributed by atoms with Gasteiger partial charge >= 0.3 is 0 Å². The number of aromatic nitrogens is 1. The van der Waals surface area contributed by atoms with Gasteiger partial charge in [0.25, 0.3) is 0 Å². The number of hydrogen-bond acceptors (Lipinski definition) is 3. The molecular weight excluding hydrogens is 186 g/mol. The first-order valence-electron chi connectivity index (χ1n) is 5.03. The van der Waals surface area contributed by atoms with Crippen molar-refractivity contribution in [2.45, 2.75) is 32.7 Å². The van der Waals surface area contributed by atoms with Crippen LogP contribution in [-0.4, -0.2) is 12.0 Å². The van der Waals surface area contributed by atoms with E-state index in [9.17, 15) is 0 Å². The molecule has 0 radical (unpaired) electrons. The lowest BCUT2D eigenvalue weighted by Gasteiger charge is -2.19. The minimum absolute atomic E-state index is 0.0801. The Morgan fingerprint density at radius 3 is 2.60 bits per heavy atom. The fourth-order valence-corrected chi connectivity index (χ4v) is 1.49. The second-order valence-corrected chi connectivity index (χ2v) is 4.63. The molecule has 0 aliphatic rings. The third kappa shape index (κ3) is 2.77. The molecule has 1 aromatic heterocycles. The molecule has 0 aliphatic heterocycles. The molecule has 80 valence electrons. The van der Waals surface area contributed by atoms with Gasteiger partial charge in [0.2, 0.25) is 0 Å². The van der Waals surface area contributed by atoms with Crippen molar-refractivity contribution in [2.75, 3.05) is 7.05 Å². The molecule has 1 heterocycles. The van der Waals surface area contributed by atoms with Crippen molar-refractivity contribution in [3.63, 3.8) is 0 Å². The molecule has 0 aromatic carbocycles. The van der Waals surface area contributed by atoms with Gasteiger partial charge < -0.3 is 5.32 Å². The molecule has 0 aliphatic carbocycles. The molecule has 0 unspecified atom stereocenters. The minimum Gasteiger partial charge on any atom is -0.316 e. The van der Waals surface area contributed by atoms with Crippen molar-refractivity contribution < 1.29 is 0 Å². The number of rotatable bonds is 2. The number of nitrogens with one attached hydrogen (secondary N) is 1. The Morgan fingerprint density at radius 1 is 1.47 bits per heavy atom. The highest BCUT2D eigenvalue weighted by atomic mass is 14.8. The molecule has 0 fully saturated rings. The molecule has 1 N–H and O–H groups in total. The maximum absolute atomic E-state index is 9.06. The lowest BCUT2D eigenvalue weighted by atomic mass is 9.88. The van der Waals surface area contributed by atoms with E-state index in [-0.39, 0.29) is 5.41 Å². The first-order chi connectivity index (χ1) is 6.99. The van der Waals surface area contributed by atoms with E-state index in [1.165, 1.54) is 0 Å². The van der Waals surface area contributed by atoms with E-state index in [0.717, 1.165) is 17.8 Å². The van der Waals surface area contributed by atoms with Crippen LogP contribution in [-0.2, 0) is 12.0 Å². The summed E-state index contributed by atoms with van der Waals surface area (Å²) in [7, 11) is 1.88. The van der Waals surface area contributed by atoms with Gasteiger partial charge in [0.15, 0.2) is 0 Å². The van der Waals surface area contributed by atoms with Gasteiger partial charge in [-0.05, 0) is 18.7 Å². The number of nitriles is 1. The normalized spacial score (nSPS) is 11.1. The highest BCUT2D eigenvalue weighted by Gasteiger charge is 2.19. The summed E-state index contributed by atoms with van der Waals surface area (Å²) in [4.78, 5) is 4.38. The van der Waals surface area contributed by atoms with E-state index in [2.05, 4.69) is 37.1 Å². The van der Waals surface area contributed by atoms with E-state index in [1.54, 1.807) is 0 Å². The van der Waals surface area contributed by atoms with Crippen molar-refractivity contribution in [1.29, 1.82) is 5.26 Å². The van der Waals surface area contributed by atoms with Crippen LogP contribution in [0.25, 0.3) is 0 Å². The monoisotopic (exact) mass is 203 g/mol. The smallest absolute Gasteiger partial charge is 0.101 e. The van der Waals surface area contributed by atoms with Crippen LogP contribution in [0.15, 0.2) is 12.3 Å². The van der Waals surface area contributed by atoms with E-state index in [4.69, 9.17) is 5.26 Å². The second kappa shape index (κ2) is 4.41. The summed E-state index contributed by atoms with van der Waals surface area (Å²) in [5.74, 6) is 0. The Kier molecular flexibility index (Phi) is 3.43. The maximum Gasteiger partial charge on any atom is 0.101 e. The molecule has 0 saturated carbocycles. The first kappa shape index (κ1) is 11.7. The van der Waals surface area contributed by atoms with E-state index in [1.807, 2.05) is 19.3 Å². The van der Waals surface area contributed by atoms with Crippen LogP contribution >= 0.6 is 0 Å². The van der Waals surface area contributed by atoms with Crippen LogP contribution in [0, 0.1) is 11.3 Å². The van der Waals surface area contributed by atoms with Crippen LogP contribution in [0.1, 0.15) is 37.6 Å². The summed E-state index contributed by atoms with van der Waals surface area (Å²) in [5.41, 5.74) is 2.51. The average Bonchev–Trinajstić information content (AvgIpc) is 2.16. The highest BCUT2D eigenvalue weighted by molar-refractivity contribution is 5.39. The minimum atomic E-state index is -0.0801. The third-order valence-corrected chi connectivity index (χ3v) is 2.16. The first-order valence-corrected chi connectivity index (χ1v) is 5.03. The van der Waals surface area contributed by atoms with Crippen molar-refractivity contribution >= 4 is 0 Å². The van der Waals surface area contributed by atoms with Crippen molar-refractivity contribution in [3.05, 3.63) is 29.1 Å². The molecule has 0 spiro atoms. The van der Waals surface area contributed by atoms with Gasteiger partial charge in [0.05, 0.1) is 11.3 Å². The fraction of sp³-hybridized carbons (Fsp3) is 0.500. The lowest BCUT2D eigenvalue weighted by molar-refractivity contribution is 0.566. The zero-order chi connectivity index (χ0) is 11.5.